The molecule has 0 saturated carbocycles. The summed E-state index contributed by atoms with van der Waals surface area (Å²) >= 11 is 0. The second-order valence-electron chi connectivity index (χ2n) is 7.90. The van der Waals surface area contributed by atoms with E-state index in [9.17, 15) is 0 Å². The van der Waals surface area contributed by atoms with Gasteiger partial charge in [0.05, 0.1) is 0 Å². The molecule has 0 spiro atoms. The van der Waals surface area contributed by atoms with Gasteiger partial charge in [-0.25, -0.2) is 0 Å². The molecule has 1 atom stereocenters. The highest BCUT2D eigenvalue weighted by molar-refractivity contribution is 5.80. The normalized spacial score (nSPS) is 24.7. The first-order valence-corrected chi connectivity index (χ1v) is 10.1. The number of hydrogen-bond donors (Lipinski definition) is 2. The Kier molecular flexibility index (Phi) is 8.33. The molecule has 0 aromatic heterocycles. The fourth-order valence-corrected chi connectivity index (χ4v) is 4.06. The van der Waals surface area contributed by atoms with Crippen LogP contribution in [0.1, 0.15) is 52.9 Å². The fourth-order valence-electron chi connectivity index (χ4n) is 4.06. The lowest BCUT2D eigenvalue weighted by Crippen LogP contribution is -2.51. The molecule has 2 aliphatic rings. The molecule has 5 heteroatoms. The zero-order chi connectivity index (χ0) is 17.4. The van der Waals surface area contributed by atoms with Gasteiger partial charge in [-0.1, -0.05) is 20.8 Å². The molecule has 2 saturated heterocycles. The minimum atomic E-state index is 0.569. The van der Waals surface area contributed by atoms with Crippen molar-refractivity contribution in [2.75, 3.05) is 46.3 Å². The maximum atomic E-state index is 4.45. The molecule has 140 valence electrons. The van der Waals surface area contributed by atoms with Crippen molar-refractivity contribution in [3.8, 4) is 0 Å². The summed E-state index contributed by atoms with van der Waals surface area (Å²) in [5, 5.41) is 7.22. The molecule has 0 aromatic carbocycles. The lowest BCUT2D eigenvalue weighted by molar-refractivity contribution is 0.205. The van der Waals surface area contributed by atoms with Crippen LogP contribution in [0.2, 0.25) is 0 Å². The molecule has 2 aliphatic heterocycles. The van der Waals surface area contributed by atoms with Crippen LogP contribution in [0.15, 0.2) is 4.99 Å². The third kappa shape index (κ3) is 6.25. The molecule has 5 nitrogen and oxygen atoms in total. The quantitative estimate of drug-likeness (QED) is 0.552. The summed E-state index contributed by atoms with van der Waals surface area (Å²) in [5.41, 5.74) is 0. The second-order valence-corrected chi connectivity index (χ2v) is 7.90. The highest BCUT2D eigenvalue weighted by Gasteiger charge is 2.25. The van der Waals surface area contributed by atoms with Crippen LogP contribution in [0, 0.1) is 5.92 Å². The molecule has 2 heterocycles. The van der Waals surface area contributed by atoms with Gasteiger partial charge >= 0.3 is 0 Å². The summed E-state index contributed by atoms with van der Waals surface area (Å²) in [4.78, 5) is 9.67. The van der Waals surface area contributed by atoms with E-state index in [-0.39, 0.29) is 0 Å². The van der Waals surface area contributed by atoms with E-state index in [0.717, 1.165) is 18.4 Å². The van der Waals surface area contributed by atoms with E-state index < -0.39 is 0 Å². The standard InChI is InChI=1S/C19H39N5/c1-5-10-23-12-8-17(9-13-23)22-19(20-4)21-14-18-7-6-11-24(18)15-16(2)3/h16-18H,5-15H2,1-4H3,(H2,20,21,22)/t18-/m1/s1. The average molecular weight is 338 g/mol. The van der Waals surface area contributed by atoms with Gasteiger partial charge < -0.3 is 15.5 Å². The van der Waals surface area contributed by atoms with Gasteiger partial charge in [0, 0.05) is 45.3 Å². The Morgan fingerprint density at radius 1 is 1.17 bits per heavy atom. The van der Waals surface area contributed by atoms with Crippen molar-refractivity contribution < 1.29 is 0 Å². The molecule has 2 N–H and O–H groups in total. The van der Waals surface area contributed by atoms with E-state index in [1.54, 1.807) is 0 Å². The number of rotatable bonds is 7. The summed E-state index contributed by atoms with van der Waals surface area (Å²) in [7, 11) is 1.89. The first-order chi connectivity index (χ1) is 11.6. The molecule has 0 bridgehead atoms. The Bertz CT molecular complexity index is 374. The maximum absolute atomic E-state index is 4.45. The SMILES string of the molecule is CCCN1CCC(NC(=NC)NC[C@H]2CCCN2CC(C)C)CC1. The number of piperidine rings is 1. The smallest absolute Gasteiger partial charge is 0.191 e. The molecular weight excluding hydrogens is 298 g/mol. The molecular formula is C19H39N5. The van der Waals surface area contributed by atoms with Gasteiger partial charge in [-0.05, 0) is 51.1 Å². The summed E-state index contributed by atoms with van der Waals surface area (Å²) in [6.07, 6.45) is 6.36. The van der Waals surface area contributed by atoms with Crippen molar-refractivity contribution >= 4 is 5.96 Å². The van der Waals surface area contributed by atoms with Crippen LogP contribution in [0.5, 0.6) is 0 Å². The van der Waals surface area contributed by atoms with Gasteiger partial charge in [-0.15, -0.1) is 0 Å². The molecule has 2 fully saturated rings. The van der Waals surface area contributed by atoms with Gasteiger partial charge in [0.25, 0.3) is 0 Å². The van der Waals surface area contributed by atoms with E-state index in [1.165, 1.54) is 64.8 Å². The molecule has 0 radical (unpaired) electrons. The Morgan fingerprint density at radius 2 is 1.92 bits per heavy atom. The van der Waals surface area contributed by atoms with Crippen molar-refractivity contribution in [1.29, 1.82) is 0 Å². The highest BCUT2D eigenvalue weighted by atomic mass is 15.2. The van der Waals surface area contributed by atoms with Crippen LogP contribution in [0.25, 0.3) is 0 Å². The van der Waals surface area contributed by atoms with E-state index in [4.69, 9.17) is 0 Å². The third-order valence-electron chi connectivity index (χ3n) is 5.30. The Labute approximate surface area is 149 Å². The minimum Gasteiger partial charge on any atom is -0.355 e. The summed E-state index contributed by atoms with van der Waals surface area (Å²) in [6, 6.07) is 1.23. The van der Waals surface area contributed by atoms with Crippen molar-refractivity contribution in [3.05, 3.63) is 0 Å². The van der Waals surface area contributed by atoms with E-state index in [2.05, 4.69) is 46.2 Å². The Balaban J connectivity index is 1.71. The van der Waals surface area contributed by atoms with Crippen LogP contribution in [0.3, 0.4) is 0 Å². The number of likely N-dealkylation sites (tertiary alicyclic amines) is 2. The fraction of sp³-hybridized carbons (Fsp3) is 0.947. The van der Waals surface area contributed by atoms with Crippen molar-refractivity contribution in [3.63, 3.8) is 0 Å². The van der Waals surface area contributed by atoms with E-state index >= 15 is 0 Å². The monoisotopic (exact) mass is 337 g/mol. The predicted molar refractivity (Wildman–Crippen MR) is 104 cm³/mol. The molecule has 0 aromatic rings. The largest absolute Gasteiger partial charge is 0.355 e. The Morgan fingerprint density at radius 3 is 2.54 bits per heavy atom. The molecule has 0 amide bonds. The van der Waals surface area contributed by atoms with E-state index in [1.807, 2.05) is 7.05 Å². The first-order valence-electron chi connectivity index (χ1n) is 10.1. The third-order valence-corrected chi connectivity index (χ3v) is 5.30. The van der Waals surface area contributed by atoms with Gasteiger partial charge in [0.1, 0.15) is 0 Å². The predicted octanol–water partition coefficient (Wildman–Crippen LogP) is 2.15. The zero-order valence-corrected chi connectivity index (χ0v) is 16.4. The molecule has 2 rings (SSSR count). The number of hydrogen-bond acceptors (Lipinski definition) is 3. The zero-order valence-electron chi connectivity index (χ0n) is 16.4. The van der Waals surface area contributed by atoms with Gasteiger partial charge in [0.2, 0.25) is 0 Å². The lowest BCUT2D eigenvalue weighted by atomic mass is 10.1. The number of guanidine groups is 1. The van der Waals surface area contributed by atoms with Crippen molar-refractivity contribution in [2.45, 2.75) is 65.0 Å². The molecule has 0 aliphatic carbocycles. The van der Waals surface area contributed by atoms with Crippen LogP contribution in [-0.2, 0) is 0 Å². The minimum absolute atomic E-state index is 0.569. The van der Waals surface area contributed by atoms with Crippen LogP contribution in [-0.4, -0.2) is 74.2 Å². The lowest BCUT2D eigenvalue weighted by Gasteiger charge is -2.33. The average Bonchev–Trinajstić information content (AvgIpc) is 2.99. The topological polar surface area (TPSA) is 42.9 Å². The van der Waals surface area contributed by atoms with Crippen LogP contribution >= 0.6 is 0 Å². The maximum Gasteiger partial charge on any atom is 0.191 e. The van der Waals surface area contributed by atoms with Crippen LogP contribution in [0.4, 0.5) is 0 Å². The summed E-state index contributed by atoms with van der Waals surface area (Å²) < 4.78 is 0. The first kappa shape index (κ1) is 19.5. The van der Waals surface area contributed by atoms with Gasteiger partial charge in [-0.3, -0.25) is 9.89 Å². The summed E-state index contributed by atoms with van der Waals surface area (Å²) in [5.74, 6) is 1.73. The van der Waals surface area contributed by atoms with Crippen molar-refractivity contribution in [2.24, 2.45) is 10.9 Å². The number of aliphatic imine (C=N–C) groups is 1. The molecule has 24 heavy (non-hydrogen) atoms. The summed E-state index contributed by atoms with van der Waals surface area (Å²) in [6.45, 7) is 14.1. The van der Waals surface area contributed by atoms with Crippen molar-refractivity contribution in [1.82, 2.24) is 20.4 Å². The van der Waals surface area contributed by atoms with Crippen LogP contribution < -0.4 is 10.6 Å². The Hall–Kier alpha value is -0.810. The number of nitrogens with zero attached hydrogens (tertiary/aromatic N) is 3. The van der Waals surface area contributed by atoms with Gasteiger partial charge in [-0.2, -0.15) is 0 Å². The van der Waals surface area contributed by atoms with E-state index in [0.29, 0.717) is 12.1 Å². The highest BCUT2D eigenvalue weighted by Crippen LogP contribution is 2.18. The number of nitrogens with one attached hydrogen (secondary N) is 2. The second kappa shape index (κ2) is 10.2. The molecule has 0 unspecified atom stereocenters. The van der Waals surface area contributed by atoms with Gasteiger partial charge in [0.15, 0.2) is 5.96 Å².